The van der Waals surface area contributed by atoms with Crippen LogP contribution in [0.2, 0.25) is 5.02 Å². The Morgan fingerprint density at radius 3 is 2.45 bits per heavy atom. The number of carbonyl (C=O) groups is 1. The first-order chi connectivity index (χ1) is 15.0. The molecule has 2 aromatic carbocycles. The van der Waals surface area contributed by atoms with Crippen LogP contribution in [0.1, 0.15) is 22.5 Å². The second-order valence-electron chi connectivity index (χ2n) is 7.98. The van der Waals surface area contributed by atoms with Crippen molar-refractivity contribution in [3.8, 4) is 5.69 Å². The number of aryl methyl sites for hydroxylation is 1. The van der Waals surface area contributed by atoms with Crippen molar-refractivity contribution in [3.05, 3.63) is 76.1 Å². The molecular formula is C25H24ClN3O2. The molecule has 1 saturated heterocycles. The number of nitrogens with one attached hydrogen (secondary N) is 1. The van der Waals surface area contributed by atoms with Gasteiger partial charge in [-0.05, 0) is 68.0 Å². The molecule has 31 heavy (non-hydrogen) atoms. The van der Waals surface area contributed by atoms with E-state index in [1.807, 2.05) is 18.2 Å². The number of fused-ring (bicyclic) bond motifs is 1. The first-order valence-electron chi connectivity index (χ1n) is 10.5. The van der Waals surface area contributed by atoms with Gasteiger partial charge in [0, 0.05) is 52.0 Å². The number of ether oxygens (including phenoxy) is 1. The summed E-state index contributed by atoms with van der Waals surface area (Å²) in [7, 11) is 0. The number of anilines is 2. The molecule has 3 heterocycles. The van der Waals surface area contributed by atoms with Gasteiger partial charge in [-0.3, -0.25) is 4.79 Å². The van der Waals surface area contributed by atoms with Crippen LogP contribution in [0.25, 0.3) is 17.3 Å². The minimum atomic E-state index is -0.100. The summed E-state index contributed by atoms with van der Waals surface area (Å²) >= 11 is 6.07. The first-order valence-corrected chi connectivity index (χ1v) is 10.8. The Labute approximate surface area is 186 Å². The Bertz CT molecular complexity index is 1190. The van der Waals surface area contributed by atoms with Gasteiger partial charge in [-0.1, -0.05) is 17.7 Å². The van der Waals surface area contributed by atoms with Crippen molar-refractivity contribution in [3.63, 3.8) is 0 Å². The highest BCUT2D eigenvalue weighted by molar-refractivity contribution is 6.36. The topological polar surface area (TPSA) is 46.5 Å². The zero-order valence-electron chi connectivity index (χ0n) is 17.6. The smallest absolute Gasteiger partial charge is 0.256 e. The van der Waals surface area contributed by atoms with E-state index in [2.05, 4.69) is 59.0 Å². The molecule has 5 nitrogen and oxygen atoms in total. The molecule has 6 heteroatoms. The van der Waals surface area contributed by atoms with E-state index in [1.54, 1.807) is 6.07 Å². The van der Waals surface area contributed by atoms with Gasteiger partial charge in [0.2, 0.25) is 0 Å². The van der Waals surface area contributed by atoms with Crippen LogP contribution in [0.15, 0.2) is 48.5 Å². The molecule has 0 aliphatic carbocycles. The minimum Gasteiger partial charge on any atom is -0.378 e. The van der Waals surface area contributed by atoms with Crippen molar-refractivity contribution < 1.29 is 9.53 Å². The van der Waals surface area contributed by atoms with E-state index in [9.17, 15) is 4.79 Å². The fourth-order valence-corrected chi connectivity index (χ4v) is 4.60. The number of rotatable bonds is 3. The normalized spacial score (nSPS) is 17.2. The van der Waals surface area contributed by atoms with E-state index < -0.39 is 0 Å². The van der Waals surface area contributed by atoms with Crippen molar-refractivity contribution in [2.24, 2.45) is 0 Å². The number of morpholine rings is 1. The van der Waals surface area contributed by atoms with Crippen LogP contribution in [0, 0.1) is 13.8 Å². The molecule has 0 spiro atoms. The lowest BCUT2D eigenvalue weighted by atomic mass is 10.0. The number of hydrogen-bond donors (Lipinski definition) is 1. The van der Waals surface area contributed by atoms with Crippen LogP contribution in [0.4, 0.5) is 11.4 Å². The van der Waals surface area contributed by atoms with Crippen LogP contribution in [-0.2, 0) is 9.53 Å². The summed E-state index contributed by atoms with van der Waals surface area (Å²) in [6.45, 7) is 7.58. The number of hydrogen-bond acceptors (Lipinski definition) is 3. The Morgan fingerprint density at radius 2 is 1.71 bits per heavy atom. The summed E-state index contributed by atoms with van der Waals surface area (Å²) < 4.78 is 7.68. The highest BCUT2D eigenvalue weighted by atomic mass is 35.5. The summed E-state index contributed by atoms with van der Waals surface area (Å²) in [4.78, 5) is 14.9. The lowest BCUT2D eigenvalue weighted by molar-refractivity contribution is -0.110. The maximum absolute atomic E-state index is 12.6. The van der Waals surface area contributed by atoms with E-state index in [1.165, 1.54) is 5.69 Å². The van der Waals surface area contributed by atoms with Gasteiger partial charge >= 0.3 is 0 Å². The molecule has 2 aliphatic heterocycles. The van der Waals surface area contributed by atoms with Crippen LogP contribution < -0.4 is 10.2 Å². The van der Waals surface area contributed by atoms with Gasteiger partial charge in [0.25, 0.3) is 5.91 Å². The lowest BCUT2D eigenvalue weighted by Crippen LogP contribution is -2.36. The number of halogens is 1. The van der Waals surface area contributed by atoms with Gasteiger partial charge in [0.1, 0.15) is 0 Å². The third kappa shape index (κ3) is 3.64. The summed E-state index contributed by atoms with van der Waals surface area (Å²) in [6.07, 6.45) is 1.97. The molecule has 1 amide bonds. The Balaban J connectivity index is 1.48. The fourth-order valence-electron chi connectivity index (χ4n) is 4.43. The molecule has 5 rings (SSSR count). The van der Waals surface area contributed by atoms with E-state index >= 15 is 0 Å². The van der Waals surface area contributed by atoms with E-state index in [-0.39, 0.29) is 5.91 Å². The largest absolute Gasteiger partial charge is 0.378 e. The molecule has 1 N–H and O–H groups in total. The molecule has 0 atom stereocenters. The lowest BCUT2D eigenvalue weighted by Gasteiger charge is -2.29. The number of carbonyl (C=O) groups excluding carboxylic acids is 1. The van der Waals surface area contributed by atoms with Gasteiger partial charge in [0.05, 0.1) is 18.9 Å². The summed E-state index contributed by atoms with van der Waals surface area (Å²) in [5.74, 6) is -0.100. The van der Waals surface area contributed by atoms with Crippen molar-refractivity contribution in [2.45, 2.75) is 13.8 Å². The molecule has 158 valence electrons. The third-order valence-electron chi connectivity index (χ3n) is 6.02. The predicted molar refractivity (Wildman–Crippen MR) is 126 cm³/mol. The highest BCUT2D eigenvalue weighted by Crippen LogP contribution is 2.36. The number of benzene rings is 2. The Hall–Kier alpha value is -3.02. The zero-order valence-corrected chi connectivity index (χ0v) is 18.4. The molecule has 2 aliphatic rings. The Kier molecular flexibility index (Phi) is 5.08. The molecule has 1 aromatic heterocycles. The van der Waals surface area contributed by atoms with E-state index in [0.29, 0.717) is 10.6 Å². The average molecular weight is 434 g/mol. The summed E-state index contributed by atoms with van der Waals surface area (Å²) in [5, 5.41) is 3.52. The second-order valence-corrected chi connectivity index (χ2v) is 8.42. The van der Waals surface area contributed by atoms with Gasteiger partial charge in [-0.2, -0.15) is 0 Å². The Morgan fingerprint density at radius 1 is 1.00 bits per heavy atom. The quantitative estimate of drug-likeness (QED) is 0.586. The first kappa shape index (κ1) is 19.9. The van der Waals surface area contributed by atoms with Crippen LogP contribution in [0.5, 0.6) is 0 Å². The van der Waals surface area contributed by atoms with Gasteiger partial charge in [0.15, 0.2) is 0 Å². The minimum absolute atomic E-state index is 0.100. The van der Waals surface area contributed by atoms with Crippen LogP contribution in [0.3, 0.4) is 0 Å². The van der Waals surface area contributed by atoms with Gasteiger partial charge in [-0.25, -0.2) is 0 Å². The molecule has 0 unspecified atom stereocenters. The molecule has 0 bridgehead atoms. The maximum atomic E-state index is 12.6. The molecule has 3 aromatic rings. The predicted octanol–water partition coefficient (Wildman–Crippen LogP) is 5.08. The van der Waals surface area contributed by atoms with Crippen molar-refractivity contribution in [2.75, 3.05) is 36.5 Å². The average Bonchev–Trinajstić information content (AvgIpc) is 3.23. The monoisotopic (exact) mass is 433 g/mol. The zero-order chi connectivity index (χ0) is 21.5. The SMILES string of the molecule is Cc1cc(/C=C2/C(=O)Nc3cc(Cl)ccc32)c(C)n1-c1ccc(N2CCOCC2)cc1. The fraction of sp³-hybridized carbons (Fsp3) is 0.240. The van der Waals surface area contributed by atoms with Crippen molar-refractivity contribution >= 4 is 40.5 Å². The van der Waals surface area contributed by atoms with Gasteiger partial charge in [-0.15, -0.1) is 0 Å². The molecule has 0 radical (unpaired) electrons. The van der Waals surface area contributed by atoms with Crippen LogP contribution >= 0.6 is 11.6 Å². The van der Waals surface area contributed by atoms with Crippen molar-refractivity contribution in [1.29, 1.82) is 0 Å². The highest BCUT2D eigenvalue weighted by Gasteiger charge is 2.25. The number of aromatic nitrogens is 1. The standard InChI is InChI=1S/C25H24ClN3O2/c1-16-13-18(14-23-22-8-3-19(26)15-24(22)27-25(23)30)17(2)29(16)21-6-4-20(5-7-21)28-9-11-31-12-10-28/h3-8,13-15H,9-12H2,1-2H3,(H,27,30)/b23-14+. The molecule has 0 saturated carbocycles. The van der Waals surface area contributed by atoms with Crippen LogP contribution in [-0.4, -0.2) is 36.8 Å². The third-order valence-corrected chi connectivity index (χ3v) is 6.25. The van der Waals surface area contributed by atoms with Gasteiger partial charge < -0.3 is 19.5 Å². The summed E-state index contributed by atoms with van der Waals surface area (Å²) in [5.41, 5.74) is 7.88. The van der Waals surface area contributed by atoms with E-state index in [0.717, 1.165) is 60.2 Å². The number of amides is 1. The second kappa shape index (κ2) is 7.91. The molecular weight excluding hydrogens is 410 g/mol. The molecule has 1 fully saturated rings. The van der Waals surface area contributed by atoms with Crippen molar-refractivity contribution in [1.82, 2.24) is 4.57 Å². The maximum Gasteiger partial charge on any atom is 0.256 e. The van der Waals surface area contributed by atoms with E-state index in [4.69, 9.17) is 16.3 Å². The number of nitrogens with zero attached hydrogens (tertiary/aromatic N) is 2. The summed E-state index contributed by atoms with van der Waals surface area (Å²) in [6, 6.07) is 16.3.